The van der Waals surface area contributed by atoms with Crippen LogP contribution in [0.4, 0.5) is 21.6 Å². The van der Waals surface area contributed by atoms with Gasteiger partial charge in [-0.3, -0.25) is 4.72 Å². The molecular formula is C20H16ClFN6O3S2. The second kappa shape index (κ2) is 9.33. The Hall–Kier alpha value is -3.22. The number of nitrogens with zero attached hydrogens (tertiary/aromatic N) is 4. The molecule has 0 aliphatic heterocycles. The van der Waals surface area contributed by atoms with Crippen LogP contribution in [-0.2, 0) is 10.0 Å². The van der Waals surface area contributed by atoms with Crippen LogP contribution in [0, 0.1) is 5.82 Å². The molecule has 0 atom stereocenters. The van der Waals surface area contributed by atoms with Gasteiger partial charge in [0.15, 0.2) is 11.0 Å². The number of sulfonamides is 1. The molecule has 13 heteroatoms. The number of nitrogens with one attached hydrogen (secondary N) is 2. The van der Waals surface area contributed by atoms with Crippen LogP contribution in [0.15, 0.2) is 59.0 Å². The molecule has 2 aromatic heterocycles. The summed E-state index contributed by atoms with van der Waals surface area (Å²) in [6, 6.07) is 8.11. The molecule has 0 amide bonds. The second-order valence-electron chi connectivity index (χ2n) is 6.50. The molecule has 4 rings (SSSR count). The number of anilines is 3. The molecule has 0 radical (unpaired) electrons. The first kappa shape index (κ1) is 23.0. The van der Waals surface area contributed by atoms with Gasteiger partial charge >= 0.3 is 0 Å². The van der Waals surface area contributed by atoms with E-state index in [2.05, 4.69) is 30.0 Å². The Balaban J connectivity index is 1.70. The van der Waals surface area contributed by atoms with Gasteiger partial charge in [-0.15, -0.1) is 0 Å². The number of benzene rings is 2. The van der Waals surface area contributed by atoms with Gasteiger partial charge in [-0.05, 0) is 42.7 Å². The van der Waals surface area contributed by atoms with Crippen LogP contribution in [0.25, 0.3) is 11.0 Å². The Morgan fingerprint density at radius 1 is 1.09 bits per heavy atom. The molecule has 0 aliphatic rings. The maximum Gasteiger partial charge on any atom is 0.261 e. The molecule has 9 nitrogen and oxygen atoms in total. The standard InChI is InChI=1S/C20H16ClFN6O3S2/c1-31-11-3-5-12(6-4-11)33(29,30)28-14-8-7-13(22)17(16(14)21)26-19-18-15(24-10-25-19)9-23-20(27-18)32-2/h3-10,28H,1-2H3,(H,24,25,26). The van der Waals surface area contributed by atoms with Gasteiger partial charge in [0.05, 0.1) is 34.6 Å². The van der Waals surface area contributed by atoms with Crippen molar-refractivity contribution in [2.75, 3.05) is 23.4 Å². The lowest BCUT2D eigenvalue weighted by atomic mass is 10.2. The Kier molecular flexibility index (Phi) is 6.49. The zero-order valence-corrected chi connectivity index (χ0v) is 19.6. The third-order valence-corrected chi connectivity index (χ3v) is 6.82. The van der Waals surface area contributed by atoms with Gasteiger partial charge in [-0.25, -0.2) is 32.7 Å². The summed E-state index contributed by atoms with van der Waals surface area (Å²) in [5, 5.41) is 3.10. The molecule has 170 valence electrons. The zero-order chi connectivity index (χ0) is 23.6. The number of methoxy groups -OCH3 is 1. The van der Waals surface area contributed by atoms with Crippen LogP contribution in [0.5, 0.6) is 5.75 Å². The summed E-state index contributed by atoms with van der Waals surface area (Å²) in [7, 11) is -2.52. The molecule has 33 heavy (non-hydrogen) atoms. The highest BCUT2D eigenvalue weighted by molar-refractivity contribution is 7.98. The molecule has 0 bridgehead atoms. The quantitative estimate of drug-likeness (QED) is 0.276. The third-order valence-electron chi connectivity index (χ3n) is 4.49. The fourth-order valence-corrected chi connectivity index (χ4v) is 4.57. The van der Waals surface area contributed by atoms with Crippen molar-refractivity contribution in [3.8, 4) is 5.75 Å². The van der Waals surface area contributed by atoms with Crippen molar-refractivity contribution in [2.24, 2.45) is 0 Å². The van der Waals surface area contributed by atoms with Crippen molar-refractivity contribution in [2.45, 2.75) is 10.1 Å². The summed E-state index contributed by atoms with van der Waals surface area (Å²) < 4.78 is 47.7. The average Bonchev–Trinajstić information content (AvgIpc) is 2.83. The second-order valence-corrected chi connectivity index (χ2v) is 9.34. The van der Waals surface area contributed by atoms with Crippen molar-refractivity contribution in [3.63, 3.8) is 0 Å². The van der Waals surface area contributed by atoms with Gasteiger partial charge in [0.25, 0.3) is 10.0 Å². The molecule has 0 saturated heterocycles. The van der Waals surface area contributed by atoms with Crippen molar-refractivity contribution in [1.29, 1.82) is 0 Å². The van der Waals surface area contributed by atoms with Crippen LogP contribution in [0.3, 0.4) is 0 Å². The molecule has 0 unspecified atom stereocenters. The van der Waals surface area contributed by atoms with Gasteiger partial charge in [0.2, 0.25) is 0 Å². The lowest BCUT2D eigenvalue weighted by Gasteiger charge is -2.15. The van der Waals surface area contributed by atoms with Crippen molar-refractivity contribution in [3.05, 3.63) is 59.8 Å². The minimum atomic E-state index is -4.00. The van der Waals surface area contributed by atoms with E-state index in [1.807, 2.05) is 6.26 Å². The minimum absolute atomic E-state index is 0.0127. The van der Waals surface area contributed by atoms with Crippen LogP contribution in [0.2, 0.25) is 5.02 Å². The minimum Gasteiger partial charge on any atom is -0.497 e. The molecule has 0 saturated carbocycles. The van der Waals surface area contributed by atoms with Crippen molar-refractivity contribution in [1.82, 2.24) is 19.9 Å². The number of aromatic nitrogens is 4. The fourth-order valence-electron chi connectivity index (χ4n) is 2.85. The SMILES string of the molecule is COc1ccc(S(=O)(=O)Nc2ccc(F)c(Nc3ncnc4cnc(SC)nc34)c2Cl)cc1. The molecular weight excluding hydrogens is 491 g/mol. The van der Waals surface area contributed by atoms with E-state index < -0.39 is 15.8 Å². The maximum atomic E-state index is 14.7. The Morgan fingerprint density at radius 2 is 1.85 bits per heavy atom. The lowest BCUT2D eigenvalue weighted by Crippen LogP contribution is -2.14. The van der Waals surface area contributed by atoms with E-state index in [0.717, 1.165) is 6.07 Å². The molecule has 2 aromatic carbocycles. The van der Waals surface area contributed by atoms with Gasteiger partial charge < -0.3 is 10.1 Å². The average molecular weight is 507 g/mol. The Bertz CT molecular complexity index is 1440. The molecule has 0 fully saturated rings. The van der Waals surface area contributed by atoms with E-state index in [9.17, 15) is 12.8 Å². The molecule has 2 heterocycles. The van der Waals surface area contributed by atoms with Crippen LogP contribution in [0.1, 0.15) is 0 Å². The van der Waals surface area contributed by atoms with E-state index >= 15 is 0 Å². The summed E-state index contributed by atoms with van der Waals surface area (Å²) in [5.74, 6) is -0.0160. The largest absolute Gasteiger partial charge is 0.497 e. The summed E-state index contributed by atoms with van der Waals surface area (Å²) in [5.41, 5.74) is 0.611. The number of rotatable bonds is 7. The van der Waals surface area contributed by atoms with Gasteiger partial charge in [0, 0.05) is 0 Å². The van der Waals surface area contributed by atoms with Gasteiger partial charge in [-0.1, -0.05) is 23.4 Å². The molecule has 4 aromatic rings. The predicted molar refractivity (Wildman–Crippen MR) is 125 cm³/mol. The normalized spacial score (nSPS) is 11.4. The number of fused-ring (bicyclic) bond motifs is 1. The van der Waals surface area contributed by atoms with Crippen molar-refractivity contribution >= 4 is 61.6 Å². The lowest BCUT2D eigenvalue weighted by molar-refractivity contribution is 0.414. The number of thioether (sulfide) groups is 1. The summed E-state index contributed by atoms with van der Waals surface area (Å²) >= 11 is 7.71. The third kappa shape index (κ3) is 4.77. The first-order chi connectivity index (χ1) is 15.8. The maximum absolute atomic E-state index is 14.7. The van der Waals surface area contributed by atoms with Gasteiger partial charge in [-0.2, -0.15) is 0 Å². The smallest absolute Gasteiger partial charge is 0.261 e. The summed E-state index contributed by atoms with van der Waals surface area (Å²) in [6.07, 6.45) is 4.61. The Morgan fingerprint density at radius 3 is 2.55 bits per heavy atom. The number of halogens is 2. The van der Waals surface area contributed by atoms with Gasteiger partial charge in [0.1, 0.15) is 28.9 Å². The first-order valence-electron chi connectivity index (χ1n) is 9.26. The van der Waals surface area contributed by atoms with E-state index in [-0.39, 0.29) is 27.1 Å². The topological polar surface area (TPSA) is 119 Å². The highest BCUT2D eigenvalue weighted by atomic mass is 35.5. The zero-order valence-electron chi connectivity index (χ0n) is 17.2. The molecule has 0 aliphatic carbocycles. The van der Waals surface area contributed by atoms with Crippen LogP contribution >= 0.6 is 23.4 Å². The summed E-state index contributed by atoms with van der Waals surface area (Å²) in [6.45, 7) is 0. The Labute approximate surface area is 197 Å². The predicted octanol–water partition coefficient (Wildman–Crippen LogP) is 4.49. The number of hydrogen-bond acceptors (Lipinski definition) is 9. The first-order valence-corrected chi connectivity index (χ1v) is 12.3. The van der Waals surface area contributed by atoms with Crippen LogP contribution in [-0.4, -0.2) is 41.7 Å². The molecule has 2 N–H and O–H groups in total. The highest BCUT2D eigenvalue weighted by Gasteiger charge is 2.20. The van der Waals surface area contributed by atoms with E-state index in [0.29, 0.717) is 21.9 Å². The van der Waals surface area contributed by atoms with Crippen LogP contribution < -0.4 is 14.8 Å². The monoisotopic (exact) mass is 506 g/mol. The van der Waals surface area contributed by atoms with E-state index in [1.165, 1.54) is 61.7 Å². The highest BCUT2D eigenvalue weighted by Crippen LogP contribution is 2.36. The fraction of sp³-hybridized carbons (Fsp3) is 0.100. The molecule has 0 spiro atoms. The summed E-state index contributed by atoms with van der Waals surface area (Å²) in [4.78, 5) is 16.7. The van der Waals surface area contributed by atoms with Crippen molar-refractivity contribution < 1.29 is 17.5 Å². The van der Waals surface area contributed by atoms with E-state index in [4.69, 9.17) is 16.3 Å². The number of ether oxygens (including phenoxy) is 1. The number of hydrogen-bond donors (Lipinski definition) is 2. The van der Waals surface area contributed by atoms with E-state index in [1.54, 1.807) is 0 Å².